The first kappa shape index (κ1) is 12.1. The molecule has 1 heteroatoms. The van der Waals surface area contributed by atoms with E-state index in [1.54, 1.807) is 0 Å². The second kappa shape index (κ2) is 3.88. The van der Waals surface area contributed by atoms with E-state index in [9.17, 15) is 5.11 Å². The molecule has 1 nitrogen and oxygen atoms in total. The van der Waals surface area contributed by atoms with E-state index >= 15 is 0 Å². The molecule has 0 unspecified atom stereocenters. The summed E-state index contributed by atoms with van der Waals surface area (Å²) in [7, 11) is 0. The van der Waals surface area contributed by atoms with Gasteiger partial charge in [0.25, 0.3) is 0 Å². The third-order valence-corrected chi connectivity index (χ3v) is 2.80. The van der Waals surface area contributed by atoms with Crippen LogP contribution in [0.1, 0.15) is 57.2 Å². The number of phenols is 1. The van der Waals surface area contributed by atoms with Crippen molar-refractivity contribution >= 4 is 0 Å². The largest absolute Gasteiger partial charge is 0.508 e. The van der Waals surface area contributed by atoms with Crippen LogP contribution in [0.2, 0.25) is 0 Å². The molecule has 84 valence electrons. The predicted octanol–water partition coefficient (Wildman–Crippen LogP) is 4.12. The number of benzene rings is 1. The first-order chi connectivity index (χ1) is 6.73. The van der Waals surface area contributed by atoms with Crippen LogP contribution in [0, 0.1) is 6.92 Å². The molecule has 0 spiro atoms. The zero-order chi connectivity index (χ0) is 11.8. The van der Waals surface area contributed by atoms with Gasteiger partial charge in [-0.3, -0.25) is 0 Å². The Hall–Kier alpha value is -0.980. The Morgan fingerprint density at radius 1 is 1.13 bits per heavy atom. The van der Waals surface area contributed by atoms with E-state index in [0.29, 0.717) is 11.7 Å². The molecule has 0 aromatic heterocycles. The first-order valence-corrected chi connectivity index (χ1v) is 5.57. The fourth-order valence-electron chi connectivity index (χ4n) is 1.98. The number of aromatic hydroxyl groups is 1. The second-order valence-electron chi connectivity index (χ2n) is 5.63. The standard InChI is InChI=1S/C14H22O/c1-9(2)11-8-12(14(4,5)6)10(3)7-13(11)15/h7-9,15H,1-6H3. The second-order valence-corrected chi connectivity index (χ2v) is 5.63. The highest BCUT2D eigenvalue weighted by atomic mass is 16.3. The third-order valence-electron chi connectivity index (χ3n) is 2.80. The molecule has 1 aromatic carbocycles. The summed E-state index contributed by atoms with van der Waals surface area (Å²) < 4.78 is 0. The maximum Gasteiger partial charge on any atom is 0.119 e. The fourth-order valence-corrected chi connectivity index (χ4v) is 1.98. The van der Waals surface area contributed by atoms with Gasteiger partial charge < -0.3 is 5.11 Å². The normalized spacial score (nSPS) is 12.2. The lowest BCUT2D eigenvalue weighted by Crippen LogP contribution is -2.13. The van der Waals surface area contributed by atoms with E-state index < -0.39 is 0 Å². The minimum absolute atomic E-state index is 0.140. The van der Waals surface area contributed by atoms with Crippen LogP contribution in [-0.4, -0.2) is 5.11 Å². The van der Waals surface area contributed by atoms with Crippen molar-refractivity contribution in [3.8, 4) is 5.75 Å². The van der Waals surface area contributed by atoms with Crippen molar-refractivity contribution in [2.45, 2.75) is 52.9 Å². The summed E-state index contributed by atoms with van der Waals surface area (Å²) in [6.07, 6.45) is 0. The number of hydrogen-bond acceptors (Lipinski definition) is 1. The third kappa shape index (κ3) is 2.53. The Balaban J connectivity index is 3.37. The van der Waals surface area contributed by atoms with Crippen LogP contribution in [0.3, 0.4) is 0 Å². The highest BCUT2D eigenvalue weighted by Crippen LogP contribution is 2.34. The van der Waals surface area contributed by atoms with E-state index in [1.165, 1.54) is 11.1 Å². The molecule has 0 saturated heterocycles. The molecule has 0 radical (unpaired) electrons. The van der Waals surface area contributed by atoms with Gasteiger partial charge in [0, 0.05) is 0 Å². The van der Waals surface area contributed by atoms with Gasteiger partial charge >= 0.3 is 0 Å². The van der Waals surface area contributed by atoms with E-state index in [4.69, 9.17) is 0 Å². The van der Waals surface area contributed by atoms with Gasteiger partial charge in [0.05, 0.1) is 0 Å². The molecule has 0 amide bonds. The van der Waals surface area contributed by atoms with Crippen molar-refractivity contribution in [2.75, 3.05) is 0 Å². The molecule has 1 aromatic rings. The van der Waals surface area contributed by atoms with E-state index in [1.807, 2.05) is 6.07 Å². The van der Waals surface area contributed by atoms with Gasteiger partial charge in [-0.1, -0.05) is 40.7 Å². The minimum Gasteiger partial charge on any atom is -0.508 e. The van der Waals surface area contributed by atoms with Gasteiger partial charge in [-0.2, -0.15) is 0 Å². The lowest BCUT2D eigenvalue weighted by atomic mass is 9.82. The fraction of sp³-hybridized carbons (Fsp3) is 0.571. The van der Waals surface area contributed by atoms with Crippen LogP contribution < -0.4 is 0 Å². The number of aryl methyl sites for hydroxylation is 1. The smallest absolute Gasteiger partial charge is 0.119 e. The van der Waals surface area contributed by atoms with Gasteiger partial charge in [0.2, 0.25) is 0 Å². The van der Waals surface area contributed by atoms with Gasteiger partial charge in [-0.05, 0) is 41.0 Å². The zero-order valence-electron chi connectivity index (χ0n) is 10.7. The van der Waals surface area contributed by atoms with Gasteiger partial charge in [0.1, 0.15) is 5.75 Å². The molecular formula is C14H22O. The van der Waals surface area contributed by atoms with Crippen molar-refractivity contribution in [1.29, 1.82) is 0 Å². The Bertz CT molecular complexity index is 356. The van der Waals surface area contributed by atoms with E-state index in [-0.39, 0.29) is 5.41 Å². The van der Waals surface area contributed by atoms with Crippen LogP contribution in [0.25, 0.3) is 0 Å². The molecule has 0 saturated carbocycles. The van der Waals surface area contributed by atoms with Gasteiger partial charge in [0.15, 0.2) is 0 Å². The molecular weight excluding hydrogens is 184 g/mol. The molecule has 15 heavy (non-hydrogen) atoms. The highest BCUT2D eigenvalue weighted by Gasteiger charge is 2.19. The molecule has 0 aliphatic rings. The first-order valence-electron chi connectivity index (χ1n) is 5.57. The average Bonchev–Trinajstić information content (AvgIpc) is 2.00. The summed E-state index contributed by atoms with van der Waals surface area (Å²) in [5.41, 5.74) is 3.68. The Morgan fingerprint density at radius 3 is 2.07 bits per heavy atom. The van der Waals surface area contributed by atoms with Crippen molar-refractivity contribution in [3.63, 3.8) is 0 Å². The lowest BCUT2D eigenvalue weighted by Gasteiger charge is -2.24. The lowest BCUT2D eigenvalue weighted by molar-refractivity contribution is 0.462. The Labute approximate surface area is 93.1 Å². The topological polar surface area (TPSA) is 20.2 Å². The van der Waals surface area contributed by atoms with Gasteiger partial charge in [-0.25, -0.2) is 0 Å². The molecule has 1 rings (SSSR count). The summed E-state index contributed by atoms with van der Waals surface area (Å²) in [4.78, 5) is 0. The Morgan fingerprint density at radius 2 is 1.67 bits per heavy atom. The van der Waals surface area contributed by atoms with Crippen molar-refractivity contribution in [2.24, 2.45) is 0 Å². The summed E-state index contributed by atoms with van der Waals surface area (Å²) in [5, 5.41) is 9.85. The Kier molecular flexibility index (Phi) is 3.13. The molecule has 1 N–H and O–H groups in total. The van der Waals surface area contributed by atoms with Gasteiger partial charge in [-0.15, -0.1) is 0 Å². The van der Waals surface area contributed by atoms with Crippen LogP contribution in [0.4, 0.5) is 0 Å². The van der Waals surface area contributed by atoms with Crippen molar-refractivity contribution in [3.05, 3.63) is 28.8 Å². The van der Waals surface area contributed by atoms with Crippen LogP contribution in [0.15, 0.2) is 12.1 Å². The maximum atomic E-state index is 9.85. The molecule has 0 heterocycles. The van der Waals surface area contributed by atoms with Crippen molar-refractivity contribution in [1.82, 2.24) is 0 Å². The monoisotopic (exact) mass is 206 g/mol. The molecule has 0 aliphatic heterocycles. The van der Waals surface area contributed by atoms with Crippen LogP contribution in [0.5, 0.6) is 5.75 Å². The number of hydrogen-bond donors (Lipinski definition) is 1. The average molecular weight is 206 g/mol. The number of phenolic OH excluding ortho intramolecular Hbond substituents is 1. The van der Waals surface area contributed by atoms with E-state index in [0.717, 1.165) is 5.56 Å². The minimum atomic E-state index is 0.140. The maximum absolute atomic E-state index is 9.85. The molecule has 0 atom stereocenters. The molecule has 0 aliphatic carbocycles. The summed E-state index contributed by atoms with van der Waals surface area (Å²) in [6, 6.07) is 4.03. The van der Waals surface area contributed by atoms with Crippen molar-refractivity contribution < 1.29 is 5.11 Å². The SMILES string of the molecule is Cc1cc(O)c(C(C)C)cc1C(C)(C)C. The predicted molar refractivity (Wildman–Crippen MR) is 65.6 cm³/mol. The molecule has 0 fully saturated rings. The molecule has 0 bridgehead atoms. The summed E-state index contributed by atoms with van der Waals surface area (Å²) in [6.45, 7) is 12.9. The number of rotatable bonds is 1. The zero-order valence-corrected chi connectivity index (χ0v) is 10.7. The summed E-state index contributed by atoms with van der Waals surface area (Å²) >= 11 is 0. The van der Waals surface area contributed by atoms with Crippen LogP contribution >= 0.6 is 0 Å². The highest BCUT2D eigenvalue weighted by molar-refractivity contribution is 5.45. The van der Waals surface area contributed by atoms with E-state index in [2.05, 4.69) is 47.6 Å². The van der Waals surface area contributed by atoms with Crippen LogP contribution in [-0.2, 0) is 5.41 Å². The summed E-state index contributed by atoms with van der Waals surface area (Å²) in [5.74, 6) is 0.794. The quantitative estimate of drug-likeness (QED) is 0.732.